The van der Waals surface area contributed by atoms with Crippen LogP contribution in [0.5, 0.6) is 0 Å². The van der Waals surface area contributed by atoms with Crippen molar-refractivity contribution < 1.29 is 0 Å². The zero-order chi connectivity index (χ0) is 10.3. The van der Waals surface area contributed by atoms with Gasteiger partial charge in [0.15, 0.2) is 0 Å². The van der Waals surface area contributed by atoms with E-state index in [1.165, 1.54) is 24.9 Å². The number of hydrogen-bond acceptors (Lipinski definition) is 1. The molecular weight excluding hydrogens is 174 g/mol. The molecule has 0 amide bonds. The monoisotopic (exact) mass is 199 g/mol. The van der Waals surface area contributed by atoms with E-state index >= 15 is 0 Å². The van der Waals surface area contributed by atoms with E-state index in [0.717, 1.165) is 0 Å². The Morgan fingerprint density at radius 1 is 1.15 bits per heavy atom. The Morgan fingerprint density at radius 2 is 1.62 bits per heavy atom. The van der Waals surface area contributed by atoms with Crippen molar-refractivity contribution in [1.29, 1.82) is 0 Å². The first-order chi connectivity index (χ1) is 6.17. The molecule has 0 spiro atoms. The highest BCUT2D eigenvalue weighted by molar-refractivity contribution is 6.82. The first-order valence-corrected chi connectivity index (χ1v) is 8.08. The van der Waals surface area contributed by atoms with Gasteiger partial charge in [-0.05, 0) is 24.9 Å². The quantitative estimate of drug-likeness (QED) is 0.619. The van der Waals surface area contributed by atoms with Crippen LogP contribution in [0, 0.1) is 0 Å². The molecule has 0 rings (SSSR count). The maximum Gasteiger partial charge on any atom is 0.149 e. The predicted octanol–water partition coefficient (Wildman–Crippen LogP) is 3.48. The third-order valence-electron chi connectivity index (χ3n) is 3.13. The Hall–Kier alpha value is -0.0831. The number of nitrogens with one attached hydrogen (secondary N) is 1. The van der Waals surface area contributed by atoms with Gasteiger partial charge in [-0.15, -0.1) is 6.58 Å². The Bertz CT molecular complexity index is 137. The summed E-state index contributed by atoms with van der Waals surface area (Å²) in [5, 5.41) is 0. The van der Waals surface area contributed by atoms with Gasteiger partial charge in [-0.2, -0.15) is 0 Å². The zero-order valence-electron chi connectivity index (χ0n) is 9.69. The zero-order valence-corrected chi connectivity index (χ0v) is 10.7. The van der Waals surface area contributed by atoms with Crippen molar-refractivity contribution in [3.05, 3.63) is 12.3 Å². The highest BCUT2D eigenvalue weighted by Gasteiger charge is 2.26. The average Bonchev–Trinajstić information content (AvgIpc) is 2.21. The van der Waals surface area contributed by atoms with Gasteiger partial charge in [0.1, 0.15) is 8.24 Å². The molecule has 0 aliphatic carbocycles. The first-order valence-electron chi connectivity index (χ1n) is 5.59. The third kappa shape index (κ3) is 3.65. The van der Waals surface area contributed by atoms with Crippen LogP contribution in [0.2, 0.25) is 12.1 Å². The SMILES string of the molecule is C=C[Si](CC)(CC)NC(CC)CC. The van der Waals surface area contributed by atoms with Crippen molar-refractivity contribution in [2.45, 2.75) is 58.7 Å². The van der Waals surface area contributed by atoms with Crippen molar-refractivity contribution in [3.8, 4) is 0 Å². The Labute approximate surface area is 84.7 Å². The summed E-state index contributed by atoms with van der Waals surface area (Å²) in [5.41, 5.74) is 2.21. The van der Waals surface area contributed by atoms with Gasteiger partial charge in [0.25, 0.3) is 0 Å². The molecular formula is C11H25NSi. The second-order valence-corrected chi connectivity index (χ2v) is 8.15. The van der Waals surface area contributed by atoms with Gasteiger partial charge in [0.05, 0.1) is 0 Å². The maximum atomic E-state index is 4.00. The smallest absolute Gasteiger partial charge is 0.149 e. The van der Waals surface area contributed by atoms with Crippen molar-refractivity contribution in [2.24, 2.45) is 0 Å². The van der Waals surface area contributed by atoms with Crippen LogP contribution in [0.15, 0.2) is 12.3 Å². The molecule has 0 aliphatic heterocycles. The summed E-state index contributed by atoms with van der Waals surface area (Å²) in [6, 6.07) is 3.23. The normalized spacial score (nSPS) is 12.1. The van der Waals surface area contributed by atoms with Crippen LogP contribution in [-0.4, -0.2) is 14.3 Å². The molecule has 0 radical (unpaired) electrons. The Morgan fingerprint density at radius 3 is 1.85 bits per heavy atom. The van der Waals surface area contributed by atoms with E-state index in [0.29, 0.717) is 6.04 Å². The van der Waals surface area contributed by atoms with Gasteiger partial charge < -0.3 is 4.98 Å². The second kappa shape index (κ2) is 6.38. The Kier molecular flexibility index (Phi) is 6.34. The van der Waals surface area contributed by atoms with Gasteiger partial charge in [-0.1, -0.05) is 33.4 Å². The van der Waals surface area contributed by atoms with Crippen LogP contribution in [0.1, 0.15) is 40.5 Å². The Balaban J connectivity index is 4.30. The lowest BCUT2D eigenvalue weighted by Crippen LogP contribution is -2.52. The third-order valence-corrected chi connectivity index (χ3v) is 7.42. The molecule has 0 heterocycles. The molecule has 1 N–H and O–H groups in total. The van der Waals surface area contributed by atoms with Crippen molar-refractivity contribution in [2.75, 3.05) is 0 Å². The molecule has 0 aromatic heterocycles. The van der Waals surface area contributed by atoms with Crippen molar-refractivity contribution >= 4 is 8.24 Å². The van der Waals surface area contributed by atoms with E-state index in [-0.39, 0.29) is 0 Å². The van der Waals surface area contributed by atoms with Gasteiger partial charge in [0.2, 0.25) is 0 Å². The molecule has 0 aliphatic rings. The lowest BCUT2D eigenvalue weighted by Gasteiger charge is -2.31. The summed E-state index contributed by atoms with van der Waals surface area (Å²) in [6.07, 6.45) is 2.47. The topological polar surface area (TPSA) is 12.0 Å². The molecule has 0 unspecified atom stereocenters. The van der Waals surface area contributed by atoms with Crippen LogP contribution < -0.4 is 4.98 Å². The van der Waals surface area contributed by atoms with Crippen molar-refractivity contribution in [1.82, 2.24) is 4.98 Å². The van der Waals surface area contributed by atoms with E-state index in [4.69, 9.17) is 0 Å². The predicted molar refractivity (Wildman–Crippen MR) is 64.4 cm³/mol. The van der Waals surface area contributed by atoms with Gasteiger partial charge in [0, 0.05) is 6.04 Å². The van der Waals surface area contributed by atoms with Crippen LogP contribution in [0.4, 0.5) is 0 Å². The summed E-state index contributed by atoms with van der Waals surface area (Å²) in [5.74, 6) is 0. The molecule has 0 fully saturated rings. The molecule has 0 atom stereocenters. The summed E-state index contributed by atoms with van der Waals surface area (Å²) in [4.78, 5) is 3.84. The molecule has 13 heavy (non-hydrogen) atoms. The van der Waals surface area contributed by atoms with E-state index in [2.05, 4.69) is 45.0 Å². The summed E-state index contributed by atoms with van der Waals surface area (Å²) < 4.78 is 0. The average molecular weight is 199 g/mol. The molecule has 0 bridgehead atoms. The van der Waals surface area contributed by atoms with Gasteiger partial charge >= 0.3 is 0 Å². The van der Waals surface area contributed by atoms with Crippen LogP contribution in [0.3, 0.4) is 0 Å². The minimum atomic E-state index is -1.31. The molecule has 1 nitrogen and oxygen atoms in total. The highest BCUT2D eigenvalue weighted by atomic mass is 28.3. The number of rotatable bonds is 7. The molecule has 0 aromatic rings. The van der Waals surface area contributed by atoms with Crippen LogP contribution >= 0.6 is 0 Å². The van der Waals surface area contributed by atoms with Crippen LogP contribution in [0.25, 0.3) is 0 Å². The minimum Gasteiger partial charge on any atom is -0.331 e. The molecule has 78 valence electrons. The fraction of sp³-hybridized carbons (Fsp3) is 0.818. The highest BCUT2D eigenvalue weighted by Crippen LogP contribution is 2.15. The van der Waals surface area contributed by atoms with E-state index in [9.17, 15) is 0 Å². The molecule has 0 saturated heterocycles. The summed E-state index contributed by atoms with van der Waals surface area (Å²) in [6.45, 7) is 13.1. The summed E-state index contributed by atoms with van der Waals surface area (Å²) in [7, 11) is -1.31. The molecule has 2 heteroatoms. The summed E-state index contributed by atoms with van der Waals surface area (Å²) >= 11 is 0. The minimum absolute atomic E-state index is 0.699. The first kappa shape index (κ1) is 12.9. The van der Waals surface area contributed by atoms with E-state index < -0.39 is 8.24 Å². The van der Waals surface area contributed by atoms with Gasteiger partial charge in [-0.3, -0.25) is 0 Å². The fourth-order valence-electron chi connectivity index (χ4n) is 1.70. The molecule has 0 aromatic carbocycles. The largest absolute Gasteiger partial charge is 0.331 e. The van der Waals surface area contributed by atoms with Gasteiger partial charge in [-0.25, -0.2) is 0 Å². The fourth-order valence-corrected chi connectivity index (χ4v) is 4.53. The lowest BCUT2D eigenvalue weighted by molar-refractivity contribution is 0.569. The lowest BCUT2D eigenvalue weighted by atomic mass is 10.2. The van der Waals surface area contributed by atoms with E-state index in [1.807, 2.05) is 0 Å². The second-order valence-electron chi connectivity index (χ2n) is 3.73. The van der Waals surface area contributed by atoms with Crippen molar-refractivity contribution in [3.63, 3.8) is 0 Å². The van der Waals surface area contributed by atoms with E-state index in [1.54, 1.807) is 0 Å². The standard InChI is InChI=1S/C11H25NSi/c1-6-11(7-2)12-13(8-3,9-4)10-5/h8,11-12H,3,6-7,9-10H2,1-2,4-5H3. The molecule has 0 saturated carbocycles. The number of hydrogen-bond donors (Lipinski definition) is 1. The maximum absolute atomic E-state index is 4.00. The van der Waals surface area contributed by atoms with Crippen LogP contribution in [-0.2, 0) is 0 Å².